The van der Waals surface area contributed by atoms with Crippen molar-refractivity contribution in [3.63, 3.8) is 0 Å². The van der Waals surface area contributed by atoms with Gasteiger partial charge in [0.1, 0.15) is 11.5 Å². The summed E-state index contributed by atoms with van der Waals surface area (Å²) in [5.74, 6) is -2.26. The Kier molecular flexibility index (Phi) is 1.75. The van der Waals surface area contributed by atoms with Crippen molar-refractivity contribution in [2.45, 2.75) is 18.6 Å². The smallest absolute Gasteiger partial charge is 0.310 e. The summed E-state index contributed by atoms with van der Waals surface area (Å²) in [6.07, 6.45) is 3.22. The number of hydrogen-bond donors (Lipinski definition) is 1. The molecule has 4 atom stereocenters. The summed E-state index contributed by atoms with van der Waals surface area (Å²) in [6, 6.07) is 0. The molecule has 1 spiro atoms. The highest BCUT2D eigenvalue weighted by atomic mass is 16.5. The van der Waals surface area contributed by atoms with Gasteiger partial charge in [-0.15, -0.1) is 0 Å². The molecular formula is C11H13NO4. The molecule has 0 aliphatic carbocycles. The van der Waals surface area contributed by atoms with E-state index in [-0.39, 0.29) is 5.91 Å². The minimum atomic E-state index is -0.937. The molecule has 3 aliphatic rings. The Labute approximate surface area is 92.7 Å². The molecule has 5 heteroatoms. The third-order valence-electron chi connectivity index (χ3n) is 3.85. The van der Waals surface area contributed by atoms with Crippen LogP contribution < -0.4 is 0 Å². The van der Waals surface area contributed by atoms with Crippen LogP contribution >= 0.6 is 0 Å². The van der Waals surface area contributed by atoms with Crippen LogP contribution in [0.2, 0.25) is 0 Å². The minimum absolute atomic E-state index is 0.0817. The normalized spacial score (nSPS) is 44.2. The standard InChI is InChI=1S/C11H13NO4/c1-2-12-5-11-4-3-6(16-11)7(10(14)15)8(11)9(12)13/h3-4,6-8H,2,5H2,1H3,(H,14,15)/t6-,7+,8-,11-/m1/s1. The average molecular weight is 223 g/mol. The number of rotatable bonds is 2. The van der Waals surface area contributed by atoms with Gasteiger partial charge < -0.3 is 14.7 Å². The highest BCUT2D eigenvalue weighted by Crippen LogP contribution is 2.51. The second kappa shape index (κ2) is 2.85. The van der Waals surface area contributed by atoms with E-state index in [9.17, 15) is 14.7 Å². The van der Waals surface area contributed by atoms with E-state index < -0.39 is 29.5 Å². The lowest BCUT2D eigenvalue weighted by molar-refractivity contribution is -0.148. The Morgan fingerprint density at radius 2 is 2.50 bits per heavy atom. The molecule has 1 amide bonds. The lowest BCUT2D eigenvalue weighted by Crippen LogP contribution is -2.39. The van der Waals surface area contributed by atoms with E-state index in [0.717, 1.165) is 0 Å². The Balaban J connectivity index is 2.03. The molecule has 0 aromatic rings. The molecule has 2 fully saturated rings. The van der Waals surface area contributed by atoms with E-state index in [0.29, 0.717) is 13.1 Å². The number of hydrogen-bond acceptors (Lipinski definition) is 3. The van der Waals surface area contributed by atoms with Gasteiger partial charge in [0.25, 0.3) is 0 Å². The summed E-state index contributed by atoms with van der Waals surface area (Å²) in [4.78, 5) is 24.9. The van der Waals surface area contributed by atoms with Crippen molar-refractivity contribution in [2.24, 2.45) is 11.8 Å². The highest BCUT2D eigenvalue weighted by molar-refractivity contribution is 5.90. The van der Waals surface area contributed by atoms with Gasteiger partial charge in [-0.1, -0.05) is 12.2 Å². The fourth-order valence-corrected chi connectivity index (χ4v) is 3.13. The molecule has 0 radical (unpaired) electrons. The number of carboxylic acids is 1. The molecule has 0 aromatic carbocycles. The summed E-state index contributed by atoms with van der Waals surface area (Å²) in [7, 11) is 0. The molecule has 3 heterocycles. The van der Waals surface area contributed by atoms with Gasteiger partial charge in [0.05, 0.1) is 18.6 Å². The van der Waals surface area contributed by atoms with E-state index in [2.05, 4.69) is 0 Å². The second-order valence-electron chi connectivity index (χ2n) is 4.59. The van der Waals surface area contributed by atoms with Gasteiger partial charge >= 0.3 is 5.97 Å². The maximum atomic E-state index is 12.1. The van der Waals surface area contributed by atoms with Crippen LogP contribution in [-0.4, -0.2) is 46.7 Å². The number of carboxylic acid groups (broad SMARTS) is 1. The van der Waals surface area contributed by atoms with E-state index in [1.165, 1.54) is 0 Å². The zero-order chi connectivity index (χ0) is 11.5. The van der Waals surface area contributed by atoms with Crippen LogP contribution in [0.3, 0.4) is 0 Å². The first-order chi connectivity index (χ1) is 7.59. The first-order valence-corrected chi connectivity index (χ1v) is 5.48. The maximum Gasteiger partial charge on any atom is 0.310 e. The first-order valence-electron chi connectivity index (χ1n) is 5.48. The van der Waals surface area contributed by atoms with Gasteiger partial charge in [0.15, 0.2) is 0 Å². The predicted molar refractivity (Wildman–Crippen MR) is 53.6 cm³/mol. The zero-order valence-electron chi connectivity index (χ0n) is 8.92. The number of aliphatic carboxylic acids is 1. The molecule has 3 rings (SSSR count). The van der Waals surface area contributed by atoms with Crippen molar-refractivity contribution in [3.05, 3.63) is 12.2 Å². The van der Waals surface area contributed by atoms with Crippen molar-refractivity contribution in [2.75, 3.05) is 13.1 Å². The van der Waals surface area contributed by atoms with E-state index in [1.54, 1.807) is 11.0 Å². The first kappa shape index (κ1) is 9.84. The lowest BCUT2D eigenvalue weighted by Gasteiger charge is -2.21. The predicted octanol–water partition coefficient (Wildman–Crippen LogP) is -0.127. The van der Waals surface area contributed by atoms with Crippen molar-refractivity contribution in [3.8, 4) is 0 Å². The Morgan fingerprint density at radius 3 is 3.12 bits per heavy atom. The molecule has 1 N–H and O–H groups in total. The Bertz CT molecular complexity index is 405. The summed E-state index contributed by atoms with van der Waals surface area (Å²) in [5.41, 5.74) is -0.666. The number of amides is 1. The highest BCUT2D eigenvalue weighted by Gasteiger charge is 2.66. The van der Waals surface area contributed by atoms with Gasteiger partial charge in [-0.25, -0.2) is 0 Å². The van der Waals surface area contributed by atoms with Gasteiger partial charge in [-0.05, 0) is 6.92 Å². The Morgan fingerprint density at radius 1 is 1.75 bits per heavy atom. The van der Waals surface area contributed by atoms with E-state index >= 15 is 0 Å². The van der Waals surface area contributed by atoms with Crippen molar-refractivity contribution in [1.29, 1.82) is 0 Å². The molecule has 16 heavy (non-hydrogen) atoms. The molecule has 5 nitrogen and oxygen atoms in total. The summed E-state index contributed by atoms with van der Waals surface area (Å²) < 4.78 is 5.71. The lowest BCUT2D eigenvalue weighted by atomic mass is 9.77. The van der Waals surface area contributed by atoms with E-state index in [4.69, 9.17) is 4.74 Å². The molecule has 3 aliphatic heterocycles. The number of ether oxygens (including phenoxy) is 1. The van der Waals surface area contributed by atoms with Gasteiger partial charge in [0, 0.05) is 6.54 Å². The topological polar surface area (TPSA) is 66.8 Å². The zero-order valence-corrected chi connectivity index (χ0v) is 8.92. The monoisotopic (exact) mass is 223 g/mol. The number of likely N-dealkylation sites (N-methyl/N-ethyl adjacent to an activating group) is 1. The van der Waals surface area contributed by atoms with Crippen LogP contribution in [0, 0.1) is 11.8 Å². The second-order valence-corrected chi connectivity index (χ2v) is 4.59. The fraction of sp³-hybridized carbons (Fsp3) is 0.636. The van der Waals surface area contributed by atoms with Gasteiger partial charge in [0.2, 0.25) is 5.91 Å². The van der Waals surface area contributed by atoms with Crippen LogP contribution in [0.5, 0.6) is 0 Å². The fourth-order valence-electron chi connectivity index (χ4n) is 3.13. The van der Waals surface area contributed by atoms with Crippen LogP contribution in [0.25, 0.3) is 0 Å². The average Bonchev–Trinajstić information content (AvgIpc) is 2.86. The SMILES string of the molecule is CCN1C[C@@]23C=C[C@@H](O2)[C@H](C(=O)O)[C@@H]3C1=O. The summed E-state index contributed by atoms with van der Waals surface area (Å²) >= 11 is 0. The largest absolute Gasteiger partial charge is 0.481 e. The molecule has 2 saturated heterocycles. The third-order valence-corrected chi connectivity index (χ3v) is 3.85. The van der Waals surface area contributed by atoms with Crippen LogP contribution in [0.1, 0.15) is 6.92 Å². The Hall–Kier alpha value is -1.36. The molecule has 86 valence electrons. The molecular weight excluding hydrogens is 210 g/mol. The summed E-state index contributed by atoms with van der Waals surface area (Å²) in [6.45, 7) is 2.98. The number of carbonyl (C=O) groups excluding carboxylic acids is 1. The van der Waals surface area contributed by atoms with Crippen molar-refractivity contribution in [1.82, 2.24) is 4.90 Å². The van der Waals surface area contributed by atoms with Crippen molar-refractivity contribution < 1.29 is 19.4 Å². The molecule has 0 unspecified atom stereocenters. The maximum absolute atomic E-state index is 12.1. The van der Waals surface area contributed by atoms with Crippen LogP contribution in [0.15, 0.2) is 12.2 Å². The minimum Gasteiger partial charge on any atom is -0.481 e. The number of fused-ring (bicyclic) bond motifs is 1. The number of nitrogens with zero attached hydrogens (tertiary/aromatic N) is 1. The van der Waals surface area contributed by atoms with Gasteiger partial charge in [-0.3, -0.25) is 9.59 Å². The molecule has 2 bridgehead atoms. The number of carbonyl (C=O) groups is 2. The van der Waals surface area contributed by atoms with Gasteiger partial charge in [-0.2, -0.15) is 0 Å². The summed E-state index contributed by atoms with van der Waals surface area (Å²) in [5, 5.41) is 9.17. The molecule has 0 saturated carbocycles. The third kappa shape index (κ3) is 0.942. The van der Waals surface area contributed by atoms with Crippen LogP contribution in [-0.2, 0) is 14.3 Å². The van der Waals surface area contributed by atoms with E-state index in [1.807, 2.05) is 13.0 Å². The van der Waals surface area contributed by atoms with Crippen molar-refractivity contribution >= 4 is 11.9 Å². The number of likely N-dealkylation sites (tertiary alicyclic amines) is 1. The van der Waals surface area contributed by atoms with Crippen LogP contribution in [0.4, 0.5) is 0 Å². The quantitative estimate of drug-likeness (QED) is 0.662. The molecule has 0 aromatic heterocycles.